The van der Waals surface area contributed by atoms with Gasteiger partial charge in [0.15, 0.2) is 0 Å². The first-order chi connectivity index (χ1) is 13.1. The van der Waals surface area contributed by atoms with Crippen LogP contribution in [0.5, 0.6) is 11.5 Å². The zero-order chi connectivity index (χ0) is 19.5. The van der Waals surface area contributed by atoms with E-state index in [1.165, 1.54) is 0 Å². The van der Waals surface area contributed by atoms with Crippen molar-refractivity contribution in [3.8, 4) is 11.5 Å². The maximum Gasteiger partial charge on any atom is 0.243 e. The first-order valence-corrected chi connectivity index (χ1v) is 9.57. The zero-order valence-corrected chi connectivity index (χ0v) is 16.5. The van der Waals surface area contributed by atoms with Gasteiger partial charge in [-0.15, -0.1) is 0 Å². The Kier molecular flexibility index (Phi) is 8.49. The van der Waals surface area contributed by atoms with E-state index < -0.39 is 0 Å². The molecular formula is C22H30N2O3. The molecule has 0 fully saturated rings. The summed E-state index contributed by atoms with van der Waals surface area (Å²) in [5.41, 5.74) is 1.56. The van der Waals surface area contributed by atoms with Gasteiger partial charge in [0.1, 0.15) is 11.5 Å². The van der Waals surface area contributed by atoms with Crippen LogP contribution in [0.15, 0.2) is 48.5 Å². The molecule has 0 heterocycles. The molecule has 0 bridgehead atoms. The smallest absolute Gasteiger partial charge is 0.243 e. The minimum Gasteiger partial charge on any atom is -0.493 e. The Morgan fingerprint density at radius 3 is 2.48 bits per heavy atom. The molecule has 1 amide bonds. The normalized spacial score (nSPS) is 10.5. The van der Waals surface area contributed by atoms with Crippen LogP contribution in [0.1, 0.15) is 33.6 Å². The minimum atomic E-state index is -0.116. The summed E-state index contributed by atoms with van der Waals surface area (Å²) in [6, 6.07) is 15.1. The van der Waals surface area contributed by atoms with Crippen molar-refractivity contribution in [2.75, 3.05) is 30.4 Å². The van der Waals surface area contributed by atoms with E-state index in [4.69, 9.17) is 9.47 Å². The molecule has 0 aliphatic carbocycles. The van der Waals surface area contributed by atoms with E-state index in [0.717, 1.165) is 35.7 Å². The third-order valence-corrected chi connectivity index (χ3v) is 3.80. The monoisotopic (exact) mass is 370 g/mol. The van der Waals surface area contributed by atoms with Crippen molar-refractivity contribution in [3.63, 3.8) is 0 Å². The van der Waals surface area contributed by atoms with Gasteiger partial charge in [-0.2, -0.15) is 0 Å². The summed E-state index contributed by atoms with van der Waals surface area (Å²) in [6.07, 6.45) is 2.09. The third kappa shape index (κ3) is 7.60. The first-order valence-electron chi connectivity index (χ1n) is 9.57. The van der Waals surface area contributed by atoms with Gasteiger partial charge < -0.3 is 20.1 Å². The van der Waals surface area contributed by atoms with Crippen molar-refractivity contribution in [1.82, 2.24) is 0 Å². The summed E-state index contributed by atoms with van der Waals surface area (Å²) in [5, 5.41) is 6.02. The maximum atomic E-state index is 12.2. The van der Waals surface area contributed by atoms with Gasteiger partial charge in [-0.05, 0) is 48.7 Å². The van der Waals surface area contributed by atoms with Gasteiger partial charge in [0, 0.05) is 5.69 Å². The Balaban J connectivity index is 1.82. The highest BCUT2D eigenvalue weighted by molar-refractivity contribution is 5.94. The molecule has 5 nitrogen and oxygen atoms in total. The fourth-order valence-corrected chi connectivity index (χ4v) is 2.34. The molecule has 0 saturated heterocycles. The lowest BCUT2D eigenvalue weighted by atomic mass is 10.2. The minimum absolute atomic E-state index is 0.116. The summed E-state index contributed by atoms with van der Waals surface area (Å²) in [5.74, 6) is 1.93. The molecule has 0 radical (unpaired) electrons. The Hall–Kier alpha value is -2.69. The number of rotatable bonds is 11. The number of ether oxygens (including phenoxy) is 2. The van der Waals surface area contributed by atoms with Crippen LogP contribution in [0.3, 0.4) is 0 Å². The molecule has 146 valence electrons. The van der Waals surface area contributed by atoms with Crippen LogP contribution >= 0.6 is 0 Å². The molecule has 0 unspecified atom stereocenters. The molecule has 5 heteroatoms. The van der Waals surface area contributed by atoms with Crippen molar-refractivity contribution in [3.05, 3.63) is 48.5 Å². The quantitative estimate of drug-likeness (QED) is 0.549. The van der Waals surface area contributed by atoms with E-state index >= 15 is 0 Å². The second-order valence-electron chi connectivity index (χ2n) is 6.83. The SMILES string of the molecule is CCCCOc1ccccc1NCC(=O)Nc1ccc(OCC(C)C)cc1. The number of carbonyl (C=O) groups excluding carboxylic acids is 1. The molecule has 2 aromatic rings. The number of para-hydroxylation sites is 2. The third-order valence-electron chi connectivity index (χ3n) is 3.80. The van der Waals surface area contributed by atoms with Crippen molar-refractivity contribution in [2.24, 2.45) is 5.92 Å². The number of hydrogen-bond acceptors (Lipinski definition) is 4. The summed E-state index contributed by atoms with van der Waals surface area (Å²) in [7, 11) is 0. The molecule has 0 spiro atoms. The van der Waals surface area contributed by atoms with Crippen molar-refractivity contribution < 1.29 is 14.3 Å². The van der Waals surface area contributed by atoms with Gasteiger partial charge in [0.2, 0.25) is 5.91 Å². The van der Waals surface area contributed by atoms with E-state index in [1.54, 1.807) is 0 Å². The Labute approximate surface area is 162 Å². The predicted molar refractivity (Wildman–Crippen MR) is 111 cm³/mol. The summed E-state index contributed by atoms with van der Waals surface area (Å²) in [4.78, 5) is 12.2. The van der Waals surface area contributed by atoms with Gasteiger partial charge in [-0.25, -0.2) is 0 Å². The van der Waals surface area contributed by atoms with E-state index in [1.807, 2.05) is 48.5 Å². The molecule has 0 atom stereocenters. The second kappa shape index (κ2) is 11.1. The van der Waals surface area contributed by atoms with Crippen LogP contribution in [0, 0.1) is 5.92 Å². The number of carbonyl (C=O) groups is 1. The number of benzene rings is 2. The molecule has 0 saturated carbocycles. The number of amides is 1. The van der Waals surface area contributed by atoms with Gasteiger partial charge >= 0.3 is 0 Å². The maximum absolute atomic E-state index is 12.2. The topological polar surface area (TPSA) is 59.6 Å². The highest BCUT2D eigenvalue weighted by Gasteiger charge is 2.06. The van der Waals surface area contributed by atoms with E-state index in [2.05, 4.69) is 31.4 Å². The highest BCUT2D eigenvalue weighted by Crippen LogP contribution is 2.24. The summed E-state index contributed by atoms with van der Waals surface area (Å²) >= 11 is 0. The zero-order valence-electron chi connectivity index (χ0n) is 16.5. The predicted octanol–water partition coefficient (Wildman–Crippen LogP) is 4.95. The van der Waals surface area contributed by atoms with Crippen LogP contribution in [0.25, 0.3) is 0 Å². The van der Waals surface area contributed by atoms with Crippen LogP contribution in [-0.2, 0) is 4.79 Å². The Morgan fingerprint density at radius 2 is 1.78 bits per heavy atom. The molecule has 0 aliphatic heterocycles. The highest BCUT2D eigenvalue weighted by atomic mass is 16.5. The Bertz CT molecular complexity index is 699. The largest absolute Gasteiger partial charge is 0.493 e. The van der Waals surface area contributed by atoms with Gasteiger partial charge in [0.05, 0.1) is 25.4 Å². The second-order valence-corrected chi connectivity index (χ2v) is 6.83. The molecule has 0 aliphatic rings. The lowest BCUT2D eigenvalue weighted by Crippen LogP contribution is -2.22. The van der Waals surface area contributed by atoms with Crippen LogP contribution in [0.4, 0.5) is 11.4 Å². The van der Waals surface area contributed by atoms with Crippen LogP contribution in [0.2, 0.25) is 0 Å². The van der Waals surface area contributed by atoms with Gasteiger partial charge in [0.25, 0.3) is 0 Å². The van der Waals surface area contributed by atoms with E-state index in [0.29, 0.717) is 19.1 Å². The van der Waals surface area contributed by atoms with Gasteiger partial charge in [-0.1, -0.05) is 39.3 Å². The molecule has 0 aromatic heterocycles. The molecular weight excluding hydrogens is 340 g/mol. The fraction of sp³-hybridized carbons (Fsp3) is 0.409. The van der Waals surface area contributed by atoms with E-state index in [-0.39, 0.29) is 12.5 Å². The average Bonchev–Trinajstić information content (AvgIpc) is 2.67. The van der Waals surface area contributed by atoms with Crippen LogP contribution < -0.4 is 20.1 Å². The van der Waals surface area contributed by atoms with E-state index in [9.17, 15) is 4.79 Å². The van der Waals surface area contributed by atoms with Crippen molar-refractivity contribution in [2.45, 2.75) is 33.6 Å². The first kappa shape index (κ1) is 20.6. The molecule has 27 heavy (non-hydrogen) atoms. The molecule has 2 aromatic carbocycles. The number of unbranched alkanes of at least 4 members (excludes halogenated alkanes) is 1. The molecule has 2 rings (SSSR count). The lowest BCUT2D eigenvalue weighted by molar-refractivity contribution is -0.114. The summed E-state index contributed by atoms with van der Waals surface area (Å²) in [6.45, 7) is 7.85. The Morgan fingerprint density at radius 1 is 1.04 bits per heavy atom. The number of nitrogens with one attached hydrogen (secondary N) is 2. The average molecular weight is 370 g/mol. The van der Waals surface area contributed by atoms with Crippen molar-refractivity contribution >= 4 is 17.3 Å². The number of hydrogen-bond donors (Lipinski definition) is 2. The summed E-state index contributed by atoms with van der Waals surface area (Å²) < 4.78 is 11.4. The lowest BCUT2D eigenvalue weighted by Gasteiger charge is -2.13. The van der Waals surface area contributed by atoms with Gasteiger partial charge in [-0.3, -0.25) is 4.79 Å². The fourth-order valence-electron chi connectivity index (χ4n) is 2.34. The standard InChI is InChI=1S/C22H30N2O3/c1-4-5-14-26-21-9-7-6-8-20(21)23-15-22(25)24-18-10-12-19(13-11-18)27-16-17(2)3/h6-13,17,23H,4-5,14-16H2,1-3H3,(H,24,25). The molecule has 2 N–H and O–H groups in total. The van der Waals surface area contributed by atoms with Crippen molar-refractivity contribution in [1.29, 1.82) is 0 Å². The number of anilines is 2. The van der Waals surface area contributed by atoms with Crippen LogP contribution in [-0.4, -0.2) is 25.7 Å².